The Labute approximate surface area is 140 Å². The van der Waals surface area contributed by atoms with Crippen molar-refractivity contribution in [3.8, 4) is 5.75 Å². The van der Waals surface area contributed by atoms with Crippen molar-refractivity contribution < 1.29 is 9.13 Å². The van der Waals surface area contributed by atoms with Crippen molar-refractivity contribution in [2.45, 2.75) is 12.3 Å². The largest absolute Gasteiger partial charge is 0.497 e. The first-order valence-electron chi connectivity index (χ1n) is 8.18. The van der Waals surface area contributed by atoms with E-state index in [0.29, 0.717) is 11.4 Å². The highest BCUT2D eigenvalue weighted by Crippen LogP contribution is 2.34. The molecule has 2 heterocycles. The van der Waals surface area contributed by atoms with Crippen molar-refractivity contribution >= 4 is 16.6 Å². The summed E-state index contributed by atoms with van der Waals surface area (Å²) in [5.41, 5.74) is 3.18. The van der Waals surface area contributed by atoms with E-state index in [2.05, 4.69) is 22.0 Å². The molecule has 0 spiro atoms. The zero-order valence-corrected chi connectivity index (χ0v) is 13.6. The van der Waals surface area contributed by atoms with Gasteiger partial charge in [0, 0.05) is 42.3 Å². The monoisotopic (exact) mass is 322 g/mol. The van der Waals surface area contributed by atoms with E-state index in [0.717, 1.165) is 36.3 Å². The van der Waals surface area contributed by atoms with Crippen LogP contribution in [0.5, 0.6) is 5.75 Å². The lowest BCUT2D eigenvalue weighted by Crippen LogP contribution is -2.19. The average molecular weight is 322 g/mol. The number of hydrogen-bond donors (Lipinski definition) is 0. The van der Waals surface area contributed by atoms with Crippen molar-refractivity contribution in [2.75, 3.05) is 25.1 Å². The van der Waals surface area contributed by atoms with Crippen LogP contribution in [0.15, 0.2) is 54.7 Å². The van der Waals surface area contributed by atoms with Gasteiger partial charge in [0.15, 0.2) is 0 Å². The molecule has 0 aliphatic carbocycles. The lowest BCUT2D eigenvalue weighted by Gasteiger charge is -2.20. The van der Waals surface area contributed by atoms with E-state index in [1.54, 1.807) is 13.3 Å². The lowest BCUT2D eigenvalue weighted by atomic mass is 9.98. The number of pyridine rings is 1. The zero-order valence-electron chi connectivity index (χ0n) is 13.6. The highest BCUT2D eigenvalue weighted by molar-refractivity contribution is 5.91. The normalized spacial score (nSPS) is 17.4. The van der Waals surface area contributed by atoms with Crippen molar-refractivity contribution in [2.24, 2.45) is 0 Å². The van der Waals surface area contributed by atoms with Gasteiger partial charge in [-0.15, -0.1) is 0 Å². The molecule has 1 unspecified atom stereocenters. The summed E-state index contributed by atoms with van der Waals surface area (Å²) in [6, 6.07) is 15.2. The Hall–Kier alpha value is -2.62. The predicted molar refractivity (Wildman–Crippen MR) is 94.3 cm³/mol. The first kappa shape index (κ1) is 14.9. The molecular weight excluding hydrogens is 303 g/mol. The molecule has 1 atom stereocenters. The Morgan fingerprint density at radius 2 is 1.96 bits per heavy atom. The summed E-state index contributed by atoms with van der Waals surface area (Å²) in [6.45, 7) is 1.95. The summed E-state index contributed by atoms with van der Waals surface area (Å²) < 4.78 is 18.7. The summed E-state index contributed by atoms with van der Waals surface area (Å²) in [5.74, 6) is 1.14. The molecule has 1 fully saturated rings. The Kier molecular flexibility index (Phi) is 3.81. The number of anilines is 1. The third-order valence-electron chi connectivity index (χ3n) is 4.80. The molecule has 0 saturated carbocycles. The fourth-order valence-electron chi connectivity index (χ4n) is 3.51. The van der Waals surface area contributed by atoms with Crippen LogP contribution in [0.2, 0.25) is 0 Å². The summed E-state index contributed by atoms with van der Waals surface area (Å²) >= 11 is 0. The molecule has 2 aromatic carbocycles. The third kappa shape index (κ3) is 2.68. The first-order chi connectivity index (χ1) is 11.7. The molecule has 1 aromatic heterocycles. The SMILES string of the molecule is COc1ccc(C2CCN(c3ccnc4cc(F)ccc34)C2)cc1. The number of rotatable bonds is 3. The molecule has 4 rings (SSSR count). The van der Waals surface area contributed by atoms with E-state index >= 15 is 0 Å². The van der Waals surface area contributed by atoms with E-state index in [9.17, 15) is 4.39 Å². The number of hydrogen-bond acceptors (Lipinski definition) is 3. The quantitative estimate of drug-likeness (QED) is 0.716. The van der Waals surface area contributed by atoms with Crippen LogP contribution in [-0.4, -0.2) is 25.2 Å². The molecule has 3 aromatic rings. The number of fused-ring (bicyclic) bond motifs is 1. The Bertz CT molecular complexity index is 863. The van der Waals surface area contributed by atoms with E-state index in [-0.39, 0.29) is 5.82 Å². The number of nitrogens with zero attached hydrogens (tertiary/aromatic N) is 2. The van der Waals surface area contributed by atoms with Crippen LogP contribution in [0.4, 0.5) is 10.1 Å². The van der Waals surface area contributed by atoms with Crippen LogP contribution < -0.4 is 9.64 Å². The van der Waals surface area contributed by atoms with Crippen molar-refractivity contribution in [1.29, 1.82) is 0 Å². The van der Waals surface area contributed by atoms with E-state index in [1.165, 1.54) is 17.7 Å². The number of benzene rings is 2. The molecule has 0 bridgehead atoms. The van der Waals surface area contributed by atoms with Gasteiger partial charge in [-0.3, -0.25) is 4.98 Å². The van der Waals surface area contributed by atoms with Gasteiger partial charge < -0.3 is 9.64 Å². The Morgan fingerprint density at radius 1 is 1.12 bits per heavy atom. The van der Waals surface area contributed by atoms with E-state index in [4.69, 9.17) is 4.74 Å². The van der Waals surface area contributed by atoms with E-state index < -0.39 is 0 Å². The fourth-order valence-corrected chi connectivity index (χ4v) is 3.51. The van der Waals surface area contributed by atoms with Gasteiger partial charge in [0.05, 0.1) is 12.6 Å². The highest BCUT2D eigenvalue weighted by atomic mass is 19.1. The number of methoxy groups -OCH3 is 1. The molecule has 0 amide bonds. The molecular formula is C20H19FN2O. The average Bonchev–Trinajstić information content (AvgIpc) is 3.11. The maximum Gasteiger partial charge on any atom is 0.125 e. The smallest absolute Gasteiger partial charge is 0.125 e. The molecule has 0 N–H and O–H groups in total. The van der Waals surface area contributed by atoms with Crippen LogP contribution >= 0.6 is 0 Å². The molecule has 1 saturated heterocycles. The van der Waals surface area contributed by atoms with Gasteiger partial charge in [-0.05, 0) is 42.3 Å². The van der Waals surface area contributed by atoms with Crippen LogP contribution in [-0.2, 0) is 0 Å². The third-order valence-corrected chi connectivity index (χ3v) is 4.80. The summed E-state index contributed by atoms with van der Waals surface area (Å²) in [4.78, 5) is 6.66. The molecule has 3 nitrogen and oxygen atoms in total. The van der Waals surface area contributed by atoms with Gasteiger partial charge in [0.25, 0.3) is 0 Å². The second-order valence-corrected chi connectivity index (χ2v) is 6.20. The van der Waals surface area contributed by atoms with Crippen LogP contribution in [0, 0.1) is 5.82 Å². The minimum absolute atomic E-state index is 0.246. The van der Waals surface area contributed by atoms with Crippen LogP contribution in [0.3, 0.4) is 0 Å². The molecule has 122 valence electrons. The van der Waals surface area contributed by atoms with Gasteiger partial charge in [0.2, 0.25) is 0 Å². The summed E-state index contributed by atoms with van der Waals surface area (Å²) in [7, 11) is 1.68. The minimum atomic E-state index is -0.246. The van der Waals surface area contributed by atoms with Gasteiger partial charge in [-0.2, -0.15) is 0 Å². The van der Waals surface area contributed by atoms with E-state index in [1.807, 2.05) is 24.3 Å². The predicted octanol–water partition coefficient (Wildman–Crippen LogP) is 4.38. The molecule has 24 heavy (non-hydrogen) atoms. The molecule has 1 aliphatic rings. The fraction of sp³-hybridized carbons (Fsp3) is 0.250. The van der Waals surface area contributed by atoms with Crippen LogP contribution in [0.1, 0.15) is 17.9 Å². The minimum Gasteiger partial charge on any atom is -0.497 e. The van der Waals surface area contributed by atoms with Gasteiger partial charge >= 0.3 is 0 Å². The zero-order chi connectivity index (χ0) is 16.5. The second-order valence-electron chi connectivity index (χ2n) is 6.20. The number of halogens is 1. The highest BCUT2D eigenvalue weighted by Gasteiger charge is 2.25. The van der Waals surface area contributed by atoms with Gasteiger partial charge in [0.1, 0.15) is 11.6 Å². The molecule has 0 radical (unpaired) electrons. The lowest BCUT2D eigenvalue weighted by molar-refractivity contribution is 0.414. The topological polar surface area (TPSA) is 25.4 Å². The Morgan fingerprint density at radius 3 is 2.75 bits per heavy atom. The number of ether oxygens (including phenoxy) is 1. The second kappa shape index (κ2) is 6.11. The van der Waals surface area contributed by atoms with Gasteiger partial charge in [-0.25, -0.2) is 4.39 Å². The standard InChI is InChI=1S/C20H19FN2O/c1-24-17-5-2-14(3-6-17)15-9-11-23(13-15)20-8-10-22-19-12-16(21)4-7-18(19)20/h2-8,10,12,15H,9,11,13H2,1H3. The van der Waals surface area contributed by atoms with Crippen LogP contribution in [0.25, 0.3) is 10.9 Å². The van der Waals surface area contributed by atoms with Gasteiger partial charge in [-0.1, -0.05) is 12.1 Å². The molecule has 1 aliphatic heterocycles. The summed E-state index contributed by atoms with van der Waals surface area (Å²) in [6.07, 6.45) is 2.87. The first-order valence-corrected chi connectivity index (χ1v) is 8.18. The maximum atomic E-state index is 13.4. The van der Waals surface area contributed by atoms with Crippen molar-refractivity contribution in [3.05, 3.63) is 66.1 Å². The maximum absolute atomic E-state index is 13.4. The summed E-state index contributed by atoms with van der Waals surface area (Å²) in [5, 5.41) is 1.01. The Balaban J connectivity index is 1.60. The number of aromatic nitrogens is 1. The van der Waals surface area contributed by atoms with Crippen molar-refractivity contribution in [3.63, 3.8) is 0 Å². The molecule has 4 heteroatoms. The van der Waals surface area contributed by atoms with Crippen molar-refractivity contribution in [1.82, 2.24) is 4.98 Å².